The first kappa shape index (κ1) is 21.9. The van der Waals surface area contributed by atoms with E-state index in [2.05, 4.69) is 9.97 Å². The number of ether oxygens (including phenoxy) is 1. The van der Waals surface area contributed by atoms with Crippen molar-refractivity contribution in [3.8, 4) is 0 Å². The number of rotatable bonds is 4. The number of morpholine rings is 1. The topological polar surface area (TPSA) is 92.7 Å². The Kier molecular flexibility index (Phi) is 6.09. The first-order valence-corrected chi connectivity index (χ1v) is 12.0. The summed E-state index contributed by atoms with van der Waals surface area (Å²) in [5, 5.41) is 0. The summed E-state index contributed by atoms with van der Waals surface area (Å²) in [7, 11) is -3.56. The number of aromatic nitrogens is 2. The van der Waals surface area contributed by atoms with Crippen LogP contribution in [0.2, 0.25) is 0 Å². The van der Waals surface area contributed by atoms with Gasteiger partial charge in [0.1, 0.15) is 5.82 Å². The van der Waals surface area contributed by atoms with Crippen molar-refractivity contribution in [1.82, 2.24) is 19.2 Å². The van der Waals surface area contributed by atoms with Gasteiger partial charge < -0.3 is 9.64 Å². The van der Waals surface area contributed by atoms with Crippen molar-refractivity contribution in [3.05, 3.63) is 52.6 Å². The molecule has 0 N–H and O–H groups in total. The fraction of sp³-hybridized carbons (Fsp3) is 0.500. The number of carbonyl (C=O) groups excluding carboxylic acids is 1. The number of hydrogen-bond donors (Lipinski definition) is 0. The first-order chi connectivity index (χ1) is 14.8. The smallest absolute Gasteiger partial charge is 0.257 e. The minimum atomic E-state index is -3.56. The van der Waals surface area contributed by atoms with Gasteiger partial charge in [-0.25, -0.2) is 18.4 Å². The zero-order valence-corrected chi connectivity index (χ0v) is 19.0. The second-order valence-corrected chi connectivity index (χ2v) is 10.2. The predicted octanol–water partition coefficient (Wildman–Crippen LogP) is 2.05. The summed E-state index contributed by atoms with van der Waals surface area (Å²) < 4.78 is 33.0. The van der Waals surface area contributed by atoms with Gasteiger partial charge in [-0.3, -0.25) is 4.79 Å². The minimum absolute atomic E-state index is 0.0854. The van der Waals surface area contributed by atoms with E-state index in [1.54, 1.807) is 30.2 Å². The Bertz CT molecular complexity index is 1100. The second-order valence-electron chi connectivity index (χ2n) is 8.23. The third kappa shape index (κ3) is 4.35. The highest BCUT2D eigenvalue weighted by Crippen LogP contribution is 2.30. The van der Waals surface area contributed by atoms with Crippen LogP contribution in [0.3, 0.4) is 0 Å². The maximum atomic E-state index is 13.1. The molecule has 166 valence electrons. The zero-order valence-electron chi connectivity index (χ0n) is 18.2. The van der Waals surface area contributed by atoms with Crippen LogP contribution >= 0.6 is 0 Å². The van der Waals surface area contributed by atoms with Gasteiger partial charge in [-0.05, 0) is 50.5 Å². The van der Waals surface area contributed by atoms with Gasteiger partial charge in [0.2, 0.25) is 10.0 Å². The molecule has 8 nitrogen and oxygen atoms in total. The number of carbonyl (C=O) groups is 1. The van der Waals surface area contributed by atoms with Gasteiger partial charge in [0.15, 0.2) is 0 Å². The van der Waals surface area contributed by atoms with E-state index < -0.39 is 10.0 Å². The standard InChI is InChI=1S/C22H28N4O4S/c1-15-4-5-19(12-16(15)2)31(28,29)26-7-6-18(14-26)21-23-13-20(17(3)24-21)22(27)25-8-10-30-11-9-25/h4-5,12-13,18H,6-11,14H2,1-3H3/t18-/m1/s1. The van der Waals surface area contributed by atoms with E-state index in [1.165, 1.54) is 4.31 Å². The summed E-state index contributed by atoms with van der Waals surface area (Å²) in [6.07, 6.45) is 2.23. The lowest BCUT2D eigenvalue weighted by Gasteiger charge is -2.27. The molecule has 2 saturated heterocycles. The fourth-order valence-electron chi connectivity index (χ4n) is 4.01. The second kappa shape index (κ2) is 8.64. The molecule has 2 aliphatic heterocycles. The molecule has 0 radical (unpaired) electrons. The molecule has 4 rings (SSSR count). The number of aryl methyl sites for hydroxylation is 3. The van der Waals surface area contributed by atoms with Gasteiger partial charge in [-0.2, -0.15) is 4.31 Å². The largest absolute Gasteiger partial charge is 0.378 e. The van der Waals surface area contributed by atoms with Crippen molar-refractivity contribution >= 4 is 15.9 Å². The van der Waals surface area contributed by atoms with Gasteiger partial charge in [0.05, 0.1) is 29.4 Å². The Morgan fingerprint density at radius 2 is 1.84 bits per heavy atom. The molecule has 1 aromatic carbocycles. The van der Waals surface area contributed by atoms with E-state index >= 15 is 0 Å². The molecular weight excluding hydrogens is 416 g/mol. The molecule has 2 aliphatic rings. The van der Waals surface area contributed by atoms with Crippen LogP contribution in [0, 0.1) is 20.8 Å². The maximum Gasteiger partial charge on any atom is 0.257 e. The van der Waals surface area contributed by atoms with Gasteiger partial charge in [-0.15, -0.1) is 0 Å². The van der Waals surface area contributed by atoms with Crippen molar-refractivity contribution in [2.24, 2.45) is 0 Å². The summed E-state index contributed by atoms with van der Waals surface area (Å²) in [6.45, 7) is 8.65. The molecule has 0 saturated carbocycles. The quantitative estimate of drug-likeness (QED) is 0.717. The number of amides is 1. The van der Waals surface area contributed by atoms with Crippen LogP contribution in [0.1, 0.15) is 45.3 Å². The lowest BCUT2D eigenvalue weighted by atomic mass is 10.1. The lowest BCUT2D eigenvalue weighted by Crippen LogP contribution is -2.41. The average Bonchev–Trinajstić information content (AvgIpc) is 3.27. The normalized spacial score (nSPS) is 20.2. The highest BCUT2D eigenvalue weighted by atomic mass is 32.2. The zero-order chi connectivity index (χ0) is 22.2. The molecular formula is C22H28N4O4S. The van der Waals surface area contributed by atoms with E-state index in [0.29, 0.717) is 67.8 Å². The predicted molar refractivity (Wildman–Crippen MR) is 116 cm³/mol. The molecule has 0 spiro atoms. The Morgan fingerprint density at radius 3 is 2.52 bits per heavy atom. The monoisotopic (exact) mass is 444 g/mol. The van der Waals surface area contributed by atoms with Gasteiger partial charge in [0, 0.05) is 38.3 Å². The minimum Gasteiger partial charge on any atom is -0.378 e. The number of nitrogens with zero attached hydrogens (tertiary/aromatic N) is 4. The van der Waals surface area contributed by atoms with Crippen molar-refractivity contribution in [2.75, 3.05) is 39.4 Å². The van der Waals surface area contributed by atoms with Gasteiger partial charge in [-0.1, -0.05) is 6.07 Å². The highest BCUT2D eigenvalue weighted by molar-refractivity contribution is 7.89. The highest BCUT2D eigenvalue weighted by Gasteiger charge is 2.35. The van der Waals surface area contributed by atoms with E-state index in [4.69, 9.17) is 4.74 Å². The van der Waals surface area contributed by atoms with Crippen molar-refractivity contribution in [3.63, 3.8) is 0 Å². The SMILES string of the molecule is Cc1ccc(S(=O)(=O)N2CC[C@@H](c3ncc(C(=O)N4CCOCC4)c(C)n3)C2)cc1C. The van der Waals surface area contributed by atoms with E-state index in [-0.39, 0.29) is 11.8 Å². The Hall–Kier alpha value is -2.36. The molecule has 2 aromatic rings. The lowest BCUT2D eigenvalue weighted by molar-refractivity contribution is 0.0301. The van der Waals surface area contributed by atoms with Crippen molar-refractivity contribution < 1.29 is 17.9 Å². The molecule has 31 heavy (non-hydrogen) atoms. The van der Waals surface area contributed by atoms with Crippen molar-refractivity contribution in [1.29, 1.82) is 0 Å². The Balaban J connectivity index is 1.49. The molecule has 1 aromatic heterocycles. The van der Waals surface area contributed by atoms with Crippen LogP contribution in [0.15, 0.2) is 29.3 Å². The van der Waals surface area contributed by atoms with Crippen LogP contribution < -0.4 is 0 Å². The van der Waals surface area contributed by atoms with E-state index in [1.807, 2.05) is 19.9 Å². The molecule has 0 bridgehead atoms. The molecule has 0 aliphatic carbocycles. The first-order valence-electron chi connectivity index (χ1n) is 10.6. The summed E-state index contributed by atoms with van der Waals surface area (Å²) >= 11 is 0. The summed E-state index contributed by atoms with van der Waals surface area (Å²) in [6, 6.07) is 5.23. The Labute approximate surface area is 183 Å². The van der Waals surface area contributed by atoms with E-state index in [9.17, 15) is 13.2 Å². The number of sulfonamides is 1. The molecule has 0 unspecified atom stereocenters. The fourth-order valence-corrected chi connectivity index (χ4v) is 5.60. The third-order valence-corrected chi connectivity index (χ3v) is 8.02. The van der Waals surface area contributed by atoms with E-state index in [0.717, 1.165) is 11.1 Å². The summed E-state index contributed by atoms with van der Waals surface area (Å²) in [5.41, 5.74) is 3.13. The van der Waals surface area contributed by atoms with Crippen LogP contribution in [0.25, 0.3) is 0 Å². The molecule has 3 heterocycles. The van der Waals surface area contributed by atoms with Gasteiger partial charge >= 0.3 is 0 Å². The summed E-state index contributed by atoms with van der Waals surface area (Å²) in [4.78, 5) is 23.8. The van der Waals surface area contributed by atoms with Crippen LogP contribution in [-0.4, -0.2) is 72.9 Å². The molecule has 2 fully saturated rings. The number of benzene rings is 1. The molecule has 1 amide bonds. The Morgan fingerprint density at radius 1 is 1.10 bits per heavy atom. The van der Waals surface area contributed by atoms with Crippen LogP contribution in [0.5, 0.6) is 0 Å². The molecule has 9 heteroatoms. The summed E-state index contributed by atoms with van der Waals surface area (Å²) in [5.74, 6) is 0.416. The third-order valence-electron chi connectivity index (χ3n) is 6.16. The van der Waals surface area contributed by atoms with Gasteiger partial charge in [0.25, 0.3) is 5.91 Å². The average molecular weight is 445 g/mol. The molecule has 1 atom stereocenters. The van der Waals surface area contributed by atoms with Crippen LogP contribution in [0.4, 0.5) is 0 Å². The van der Waals surface area contributed by atoms with Crippen LogP contribution in [-0.2, 0) is 14.8 Å². The number of hydrogen-bond acceptors (Lipinski definition) is 6. The van der Waals surface area contributed by atoms with Crippen molar-refractivity contribution in [2.45, 2.75) is 38.0 Å². The maximum absolute atomic E-state index is 13.1.